The number of likely N-dealkylation sites (N-methyl/N-ethyl adjacent to an activating group) is 1. The van der Waals surface area contributed by atoms with E-state index in [1.54, 1.807) is 24.3 Å². The Kier molecular flexibility index (Phi) is 6.55. The van der Waals surface area contributed by atoms with Gasteiger partial charge >= 0.3 is 5.76 Å². The molecule has 1 N–H and O–H groups in total. The lowest BCUT2D eigenvalue weighted by Crippen LogP contribution is -2.46. The Morgan fingerprint density at radius 1 is 1.06 bits per heavy atom. The van der Waals surface area contributed by atoms with Crippen LogP contribution in [0.5, 0.6) is 0 Å². The van der Waals surface area contributed by atoms with Crippen molar-refractivity contribution in [1.29, 1.82) is 0 Å². The van der Waals surface area contributed by atoms with Gasteiger partial charge in [0.1, 0.15) is 0 Å². The standard InChI is InChI=1S/C22H24Cl2N4O3/c1-2-26-9-11-27(12-10-26)18-5-3-15(23)13-17(18)25-21(29)7-8-28-19-6-4-16(24)14-20(19)31-22(28)30/h3-6,13-14H,2,7-12H2,1H3,(H,25,29). The number of piperazine rings is 1. The summed E-state index contributed by atoms with van der Waals surface area (Å²) in [5.74, 6) is -0.715. The molecule has 0 spiro atoms. The smallest absolute Gasteiger partial charge is 0.408 e. The van der Waals surface area contributed by atoms with Gasteiger partial charge in [0, 0.05) is 55.3 Å². The molecule has 0 atom stereocenters. The number of rotatable bonds is 6. The highest BCUT2D eigenvalue weighted by Gasteiger charge is 2.20. The predicted molar refractivity (Wildman–Crippen MR) is 125 cm³/mol. The van der Waals surface area contributed by atoms with Crippen molar-refractivity contribution in [2.24, 2.45) is 0 Å². The lowest BCUT2D eigenvalue weighted by atomic mass is 10.2. The average molecular weight is 463 g/mol. The van der Waals surface area contributed by atoms with Crippen LogP contribution in [0.4, 0.5) is 11.4 Å². The second-order valence-electron chi connectivity index (χ2n) is 7.51. The molecule has 4 rings (SSSR count). The van der Waals surface area contributed by atoms with Crippen LogP contribution in [0.2, 0.25) is 10.0 Å². The van der Waals surface area contributed by atoms with Crippen LogP contribution in [0.1, 0.15) is 13.3 Å². The molecule has 9 heteroatoms. The fourth-order valence-electron chi connectivity index (χ4n) is 3.87. The quantitative estimate of drug-likeness (QED) is 0.597. The molecule has 1 aliphatic heterocycles. The zero-order valence-electron chi connectivity index (χ0n) is 17.2. The summed E-state index contributed by atoms with van der Waals surface area (Å²) >= 11 is 12.1. The highest BCUT2D eigenvalue weighted by molar-refractivity contribution is 6.31. The maximum absolute atomic E-state index is 12.7. The minimum atomic E-state index is -0.512. The summed E-state index contributed by atoms with van der Waals surface area (Å²) < 4.78 is 6.66. The van der Waals surface area contributed by atoms with E-state index in [-0.39, 0.29) is 18.9 Å². The molecule has 1 aromatic heterocycles. The van der Waals surface area contributed by atoms with E-state index < -0.39 is 5.76 Å². The van der Waals surface area contributed by atoms with Gasteiger partial charge in [-0.05, 0) is 36.9 Å². The maximum atomic E-state index is 12.7. The molecular formula is C22H24Cl2N4O3. The van der Waals surface area contributed by atoms with Gasteiger partial charge in [-0.25, -0.2) is 4.79 Å². The van der Waals surface area contributed by atoms with E-state index in [0.29, 0.717) is 26.8 Å². The van der Waals surface area contributed by atoms with E-state index in [2.05, 4.69) is 22.0 Å². The summed E-state index contributed by atoms with van der Waals surface area (Å²) in [5, 5.41) is 4.01. The molecule has 7 nitrogen and oxygen atoms in total. The van der Waals surface area contributed by atoms with Crippen molar-refractivity contribution in [2.75, 3.05) is 42.9 Å². The molecule has 0 radical (unpaired) electrons. The molecule has 1 saturated heterocycles. The van der Waals surface area contributed by atoms with E-state index in [0.717, 1.165) is 38.4 Å². The fourth-order valence-corrected chi connectivity index (χ4v) is 4.20. The number of benzene rings is 2. The number of amides is 1. The first-order valence-corrected chi connectivity index (χ1v) is 11.1. The molecule has 0 saturated carbocycles. The monoisotopic (exact) mass is 462 g/mol. The van der Waals surface area contributed by atoms with Crippen LogP contribution in [-0.2, 0) is 11.3 Å². The Bertz CT molecular complexity index is 1150. The van der Waals surface area contributed by atoms with Crippen molar-refractivity contribution >= 4 is 51.6 Å². The Labute approximate surface area is 190 Å². The Morgan fingerprint density at radius 2 is 1.77 bits per heavy atom. The number of nitrogens with zero attached hydrogens (tertiary/aromatic N) is 3. The molecule has 0 aliphatic carbocycles. The largest absolute Gasteiger partial charge is 0.419 e. The molecule has 1 amide bonds. The van der Waals surface area contributed by atoms with Crippen molar-refractivity contribution < 1.29 is 9.21 Å². The number of hydrogen-bond acceptors (Lipinski definition) is 5. The molecule has 2 heterocycles. The molecule has 31 heavy (non-hydrogen) atoms. The van der Waals surface area contributed by atoms with Crippen molar-refractivity contribution in [3.05, 3.63) is 57.0 Å². The van der Waals surface area contributed by atoms with Gasteiger partial charge in [-0.3, -0.25) is 9.36 Å². The molecule has 1 fully saturated rings. The van der Waals surface area contributed by atoms with Crippen LogP contribution in [0.15, 0.2) is 45.6 Å². The number of aryl methyl sites for hydroxylation is 1. The fraction of sp³-hybridized carbons (Fsp3) is 0.364. The molecule has 3 aromatic rings. The van der Waals surface area contributed by atoms with E-state index in [1.807, 2.05) is 12.1 Å². The summed E-state index contributed by atoms with van der Waals surface area (Å²) in [6.07, 6.45) is 0.118. The Balaban J connectivity index is 1.46. The van der Waals surface area contributed by atoms with E-state index >= 15 is 0 Å². The van der Waals surface area contributed by atoms with Gasteiger partial charge < -0.3 is 19.5 Å². The van der Waals surface area contributed by atoms with Gasteiger partial charge in [-0.2, -0.15) is 0 Å². The number of carbonyl (C=O) groups is 1. The molecule has 0 unspecified atom stereocenters. The van der Waals surface area contributed by atoms with Crippen LogP contribution in [0.25, 0.3) is 11.1 Å². The van der Waals surface area contributed by atoms with Crippen LogP contribution < -0.4 is 16.0 Å². The van der Waals surface area contributed by atoms with E-state index in [4.69, 9.17) is 27.6 Å². The lowest BCUT2D eigenvalue weighted by molar-refractivity contribution is -0.116. The zero-order chi connectivity index (χ0) is 22.0. The number of oxazole rings is 1. The van der Waals surface area contributed by atoms with E-state index in [1.165, 1.54) is 4.57 Å². The lowest BCUT2D eigenvalue weighted by Gasteiger charge is -2.36. The first-order chi connectivity index (χ1) is 14.9. The van der Waals surface area contributed by atoms with Crippen LogP contribution in [0.3, 0.4) is 0 Å². The van der Waals surface area contributed by atoms with Crippen LogP contribution >= 0.6 is 23.2 Å². The van der Waals surface area contributed by atoms with E-state index in [9.17, 15) is 9.59 Å². The number of nitrogens with one attached hydrogen (secondary N) is 1. The molecule has 0 bridgehead atoms. The third kappa shape index (κ3) is 4.89. The van der Waals surface area contributed by atoms with Gasteiger partial charge in [0.05, 0.1) is 16.9 Å². The molecular weight excluding hydrogens is 439 g/mol. The third-order valence-corrected chi connectivity index (χ3v) is 6.06. The Hall–Kier alpha value is -2.48. The first-order valence-electron chi connectivity index (χ1n) is 10.3. The normalized spacial score (nSPS) is 14.9. The average Bonchev–Trinajstić information content (AvgIpc) is 3.06. The predicted octanol–water partition coefficient (Wildman–Crippen LogP) is 4.07. The minimum absolute atomic E-state index is 0.118. The highest BCUT2D eigenvalue weighted by Crippen LogP contribution is 2.30. The molecule has 1 aliphatic rings. The number of hydrogen-bond donors (Lipinski definition) is 1. The number of fused-ring (bicyclic) bond motifs is 1. The summed E-state index contributed by atoms with van der Waals surface area (Å²) in [6, 6.07) is 10.5. The third-order valence-electron chi connectivity index (χ3n) is 5.59. The van der Waals surface area contributed by atoms with Crippen molar-refractivity contribution in [2.45, 2.75) is 19.9 Å². The first kappa shape index (κ1) is 21.7. The van der Waals surface area contributed by atoms with Crippen molar-refractivity contribution in [3.8, 4) is 0 Å². The number of halogens is 2. The summed E-state index contributed by atoms with van der Waals surface area (Å²) in [5.41, 5.74) is 2.65. The van der Waals surface area contributed by atoms with Gasteiger partial charge in [0.15, 0.2) is 5.58 Å². The van der Waals surface area contributed by atoms with Crippen LogP contribution in [-0.4, -0.2) is 48.1 Å². The SMILES string of the molecule is CCN1CCN(c2ccc(Cl)cc2NC(=O)CCn2c(=O)oc3cc(Cl)ccc32)CC1. The second kappa shape index (κ2) is 9.34. The van der Waals surface area contributed by atoms with Gasteiger partial charge in [0.2, 0.25) is 5.91 Å². The zero-order valence-corrected chi connectivity index (χ0v) is 18.7. The Morgan fingerprint density at radius 3 is 2.52 bits per heavy atom. The minimum Gasteiger partial charge on any atom is -0.408 e. The van der Waals surface area contributed by atoms with Gasteiger partial charge in [-0.15, -0.1) is 0 Å². The van der Waals surface area contributed by atoms with Crippen molar-refractivity contribution in [1.82, 2.24) is 9.47 Å². The number of anilines is 2. The number of carbonyl (C=O) groups excluding carboxylic acids is 1. The van der Waals surface area contributed by atoms with Gasteiger partial charge in [0.25, 0.3) is 0 Å². The van der Waals surface area contributed by atoms with Crippen molar-refractivity contribution in [3.63, 3.8) is 0 Å². The number of aromatic nitrogens is 1. The van der Waals surface area contributed by atoms with Gasteiger partial charge in [-0.1, -0.05) is 30.1 Å². The summed E-state index contributed by atoms with van der Waals surface area (Å²) in [6.45, 7) is 7.12. The summed E-state index contributed by atoms with van der Waals surface area (Å²) in [4.78, 5) is 29.5. The molecule has 2 aromatic carbocycles. The maximum Gasteiger partial charge on any atom is 0.419 e. The van der Waals surface area contributed by atoms with Crippen LogP contribution in [0, 0.1) is 0 Å². The topological polar surface area (TPSA) is 70.7 Å². The highest BCUT2D eigenvalue weighted by atomic mass is 35.5. The second-order valence-corrected chi connectivity index (χ2v) is 8.39. The summed E-state index contributed by atoms with van der Waals surface area (Å²) in [7, 11) is 0. The molecule has 164 valence electrons.